The number of halogens is 2. The van der Waals surface area contributed by atoms with Crippen molar-refractivity contribution in [2.45, 2.75) is 37.5 Å². The summed E-state index contributed by atoms with van der Waals surface area (Å²) in [7, 11) is -3.98. The van der Waals surface area contributed by atoms with Crippen LogP contribution in [0.3, 0.4) is 0 Å². The molecule has 33 heavy (non-hydrogen) atoms. The van der Waals surface area contributed by atoms with Crippen LogP contribution in [-0.2, 0) is 10.0 Å². The number of hydrogen-bond acceptors (Lipinski definition) is 6. The SMILES string of the molecule is Cc1nc(C2CC2)nc2sc(C(=O)N3CCN(S(=O)(=O)c4ccc(F)c(F)c4)CC3)c(C)c12. The van der Waals surface area contributed by atoms with E-state index in [4.69, 9.17) is 4.98 Å². The summed E-state index contributed by atoms with van der Waals surface area (Å²) in [6, 6.07) is 2.53. The average Bonchev–Trinajstić information content (AvgIpc) is 3.58. The van der Waals surface area contributed by atoms with E-state index in [1.165, 1.54) is 15.6 Å². The second-order valence-corrected chi connectivity index (χ2v) is 11.4. The third-order valence-corrected chi connectivity index (χ3v) is 9.25. The lowest BCUT2D eigenvalue weighted by Crippen LogP contribution is -2.50. The van der Waals surface area contributed by atoms with E-state index in [2.05, 4.69) is 4.98 Å². The van der Waals surface area contributed by atoms with Crippen LogP contribution in [0.5, 0.6) is 0 Å². The first-order valence-corrected chi connectivity index (χ1v) is 12.9. The summed E-state index contributed by atoms with van der Waals surface area (Å²) in [5, 5.41) is 0.910. The van der Waals surface area contributed by atoms with Crippen LogP contribution in [-0.4, -0.2) is 59.7 Å². The predicted octanol–water partition coefficient (Wildman–Crippen LogP) is 3.61. The first-order valence-electron chi connectivity index (χ1n) is 10.7. The molecule has 0 bridgehead atoms. The number of aryl methyl sites for hydroxylation is 2. The van der Waals surface area contributed by atoms with Gasteiger partial charge in [-0.05, 0) is 50.5 Å². The molecular formula is C22H22F2N4O3S2. The molecule has 0 radical (unpaired) electrons. The molecule has 2 fully saturated rings. The van der Waals surface area contributed by atoms with Gasteiger partial charge in [0, 0.05) is 37.5 Å². The number of carbonyl (C=O) groups excluding carboxylic acids is 1. The predicted molar refractivity (Wildman–Crippen MR) is 120 cm³/mol. The molecule has 5 rings (SSSR count). The molecule has 1 aliphatic heterocycles. The summed E-state index contributed by atoms with van der Waals surface area (Å²) < 4.78 is 53.6. The smallest absolute Gasteiger partial charge is 0.264 e. The van der Waals surface area contributed by atoms with Crippen LogP contribution in [0, 0.1) is 25.5 Å². The fraction of sp³-hybridized carbons (Fsp3) is 0.409. The quantitative estimate of drug-likeness (QED) is 0.556. The van der Waals surface area contributed by atoms with E-state index in [0.717, 1.165) is 52.3 Å². The zero-order chi connectivity index (χ0) is 23.5. The van der Waals surface area contributed by atoms with Crippen molar-refractivity contribution in [3.8, 4) is 0 Å². The molecule has 2 aliphatic rings. The molecule has 1 saturated heterocycles. The maximum atomic E-state index is 13.5. The van der Waals surface area contributed by atoms with Gasteiger partial charge in [0.05, 0.1) is 15.5 Å². The van der Waals surface area contributed by atoms with E-state index in [9.17, 15) is 22.0 Å². The molecule has 174 valence electrons. The second kappa shape index (κ2) is 8.07. The topological polar surface area (TPSA) is 83.5 Å². The molecule has 1 saturated carbocycles. The van der Waals surface area contributed by atoms with Gasteiger partial charge in [0.1, 0.15) is 10.7 Å². The molecule has 7 nitrogen and oxygen atoms in total. The summed E-state index contributed by atoms with van der Waals surface area (Å²) in [5.41, 5.74) is 1.72. The van der Waals surface area contributed by atoms with Gasteiger partial charge in [0.25, 0.3) is 5.91 Å². The lowest BCUT2D eigenvalue weighted by molar-refractivity contribution is 0.0702. The van der Waals surface area contributed by atoms with Crippen molar-refractivity contribution < 1.29 is 22.0 Å². The maximum Gasteiger partial charge on any atom is 0.264 e. The van der Waals surface area contributed by atoms with E-state index < -0.39 is 21.7 Å². The summed E-state index contributed by atoms with van der Waals surface area (Å²) in [4.78, 5) is 25.3. The van der Waals surface area contributed by atoms with Crippen molar-refractivity contribution in [2.24, 2.45) is 0 Å². The highest BCUT2D eigenvalue weighted by Gasteiger charge is 2.33. The number of fused-ring (bicyclic) bond motifs is 1. The fourth-order valence-corrected chi connectivity index (χ4v) is 6.79. The number of rotatable bonds is 4. The Bertz CT molecular complexity index is 1380. The average molecular weight is 493 g/mol. The molecule has 0 atom stereocenters. The molecule has 1 aliphatic carbocycles. The monoisotopic (exact) mass is 492 g/mol. The van der Waals surface area contributed by atoms with Gasteiger partial charge >= 0.3 is 0 Å². The molecular weight excluding hydrogens is 470 g/mol. The molecule has 0 N–H and O–H groups in total. The van der Waals surface area contributed by atoms with Crippen molar-refractivity contribution in [3.63, 3.8) is 0 Å². The van der Waals surface area contributed by atoms with Crippen molar-refractivity contribution in [2.75, 3.05) is 26.2 Å². The number of benzene rings is 1. The summed E-state index contributed by atoms with van der Waals surface area (Å²) in [6.45, 7) is 4.37. The Kier molecular flexibility index (Phi) is 5.45. The summed E-state index contributed by atoms with van der Waals surface area (Å²) in [5.74, 6) is -1.22. The number of aromatic nitrogens is 2. The molecule has 3 heterocycles. The Hall–Kier alpha value is -2.50. The van der Waals surface area contributed by atoms with Crippen LogP contribution in [0.1, 0.15) is 45.5 Å². The number of thiophene rings is 1. The third-order valence-electron chi connectivity index (χ3n) is 6.18. The molecule has 1 aromatic carbocycles. The van der Waals surface area contributed by atoms with E-state index in [0.29, 0.717) is 16.9 Å². The third kappa shape index (κ3) is 3.91. The largest absolute Gasteiger partial charge is 0.335 e. The number of sulfonamides is 1. The van der Waals surface area contributed by atoms with Crippen LogP contribution >= 0.6 is 11.3 Å². The highest BCUT2D eigenvalue weighted by molar-refractivity contribution is 7.89. The molecule has 11 heteroatoms. The lowest BCUT2D eigenvalue weighted by Gasteiger charge is -2.34. The fourth-order valence-electron chi connectivity index (χ4n) is 4.15. The maximum absolute atomic E-state index is 13.5. The van der Waals surface area contributed by atoms with Gasteiger partial charge < -0.3 is 4.90 Å². The van der Waals surface area contributed by atoms with Gasteiger partial charge in [-0.2, -0.15) is 4.31 Å². The van der Waals surface area contributed by atoms with E-state index >= 15 is 0 Å². The summed E-state index contributed by atoms with van der Waals surface area (Å²) >= 11 is 1.35. The highest BCUT2D eigenvalue weighted by atomic mass is 32.2. The van der Waals surface area contributed by atoms with Crippen LogP contribution in [0.2, 0.25) is 0 Å². The Morgan fingerprint density at radius 1 is 1.06 bits per heavy atom. The van der Waals surface area contributed by atoms with E-state index in [-0.39, 0.29) is 37.0 Å². The highest BCUT2D eigenvalue weighted by Crippen LogP contribution is 2.40. The minimum absolute atomic E-state index is 0.0711. The second-order valence-electron chi connectivity index (χ2n) is 8.45. The zero-order valence-corrected chi connectivity index (χ0v) is 19.8. The summed E-state index contributed by atoms with van der Waals surface area (Å²) in [6.07, 6.45) is 2.19. The van der Waals surface area contributed by atoms with Crippen molar-refractivity contribution in [1.29, 1.82) is 0 Å². The molecule has 3 aromatic rings. The van der Waals surface area contributed by atoms with Crippen molar-refractivity contribution >= 4 is 37.5 Å². The van der Waals surface area contributed by atoms with Gasteiger partial charge in [0.15, 0.2) is 11.6 Å². The Labute approximate surface area is 194 Å². The number of carbonyl (C=O) groups is 1. The number of piperazine rings is 1. The first-order chi connectivity index (χ1) is 15.7. The van der Waals surface area contributed by atoms with Crippen LogP contribution in [0.25, 0.3) is 10.2 Å². The number of nitrogens with zero attached hydrogens (tertiary/aromatic N) is 4. The van der Waals surface area contributed by atoms with Crippen LogP contribution < -0.4 is 0 Å². The Morgan fingerprint density at radius 3 is 2.39 bits per heavy atom. The van der Waals surface area contributed by atoms with E-state index in [1.807, 2.05) is 13.8 Å². The van der Waals surface area contributed by atoms with Crippen molar-refractivity contribution in [3.05, 3.63) is 51.8 Å². The Balaban J connectivity index is 1.34. The minimum atomic E-state index is -3.98. The standard InChI is InChI=1S/C22H22F2N4O3S2/c1-12-18-13(2)25-20(14-3-4-14)26-21(18)32-19(12)22(29)27-7-9-28(10-8-27)33(30,31)15-5-6-16(23)17(24)11-15/h5-6,11,14H,3-4,7-10H2,1-2H3. The van der Waals surface area contributed by atoms with Gasteiger partial charge in [-0.25, -0.2) is 27.2 Å². The van der Waals surface area contributed by atoms with E-state index in [1.54, 1.807) is 4.90 Å². The van der Waals surface area contributed by atoms with Gasteiger partial charge in [0.2, 0.25) is 10.0 Å². The molecule has 0 spiro atoms. The number of amides is 1. The van der Waals surface area contributed by atoms with Gasteiger partial charge in [-0.1, -0.05) is 0 Å². The van der Waals surface area contributed by atoms with Gasteiger partial charge in [-0.15, -0.1) is 11.3 Å². The van der Waals surface area contributed by atoms with Crippen LogP contribution in [0.4, 0.5) is 8.78 Å². The van der Waals surface area contributed by atoms with Crippen LogP contribution in [0.15, 0.2) is 23.1 Å². The number of hydrogen-bond donors (Lipinski definition) is 0. The first kappa shape index (κ1) is 22.3. The lowest BCUT2D eigenvalue weighted by atomic mass is 10.1. The zero-order valence-electron chi connectivity index (χ0n) is 18.1. The van der Waals surface area contributed by atoms with Gasteiger partial charge in [-0.3, -0.25) is 4.79 Å². The molecule has 1 amide bonds. The molecule has 2 aromatic heterocycles. The minimum Gasteiger partial charge on any atom is -0.335 e. The Morgan fingerprint density at radius 2 is 1.76 bits per heavy atom. The normalized spacial score (nSPS) is 17.6. The van der Waals surface area contributed by atoms with Crippen molar-refractivity contribution in [1.82, 2.24) is 19.2 Å². The molecule has 0 unspecified atom stereocenters.